The van der Waals surface area contributed by atoms with Gasteiger partial charge in [0.05, 0.1) is 23.1 Å². The quantitative estimate of drug-likeness (QED) is 0.853. The van der Waals surface area contributed by atoms with Gasteiger partial charge in [-0.15, -0.1) is 11.3 Å². The van der Waals surface area contributed by atoms with E-state index in [4.69, 9.17) is 17.3 Å². The molecule has 0 unspecified atom stereocenters. The average molecular weight is 297 g/mol. The number of amides is 1. The number of carbonyl (C=O) groups excluding carboxylic acids is 1. The van der Waals surface area contributed by atoms with E-state index in [1.165, 1.54) is 23.6 Å². The van der Waals surface area contributed by atoms with Crippen molar-refractivity contribution < 1.29 is 4.79 Å². The van der Waals surface area contributed by atoms with Gasteiger partial charge in [0.15, 0.2) is 5.13 Å². The van der Waals surface area contributed by atoms with Crippen LogP contribution in [0.25, 0.3) is 0 Å². The molecule has 0 aliphatic carbocycles. The van der Waals surface area contributed by atoms with E-state index in [0.717, 1.165) is 17.0 Å². The highest BCUT2D eigenvalue weighted by molar-refractivity contribution is 7.15. The predicted octanol–water partition coefficient (Wildman–Crippen LogP) is 2.90. The highest BCUT2D eigenvalue weighted by Crippen LogP contribution is 2.24. The van der Waals surface area contributed by atoms with Crippen molar-refractivity contribution in [2.75, 3.05) is 11.1 Å². The van der Waals surface area contributed by atoms with Gasteiger partial charge in [-0.25, -0.2) is 9.97 Å². The molecule has 0 bridgehead atoms. The summed E-state index contributed by atoms with van der Waals surface area (Å²) in [5.41, 5.74) is 7.27. The van der Waals surface area contributed by atoms with Gasteiger partial charge in [0.25, 0.3) is 5.91 Å². The topological polar surface area (TPSA) is 80.9 Å². The molecule has 0 saturated carbocycles. The maximum absolute atomic E-state index is 12.1. The Morgan fingerprint density at radius 2 is 2.32 bits per heavy atom. The van der Waals surface area contributed by atoms with Crippen molar-refractivity contribution in [1.29, 1.82) is 0 Å². The lowest BCUT2D eigenvalue weighted by atomic mass is 10.2. The molecule has 0 aliphatic heterocycles. The van der Waals surface area contributed by atoms with Crippen molar-refractivity contribution in [1.82, 2.24) is 9.97 Å². The van der Waals surface area contributed by atoms with E-state index in [2.05, 4.69) is 15.3 Å². The lowest BCUT2D eigenvalue weighted by Crippen LogP contribution is -2.14. The molecule has 2 rings (SSSR count). The van der Waals surface area contributed by atoms with Crippen molar-refractivity contribution >= 4 is 39.7 Å². The minimum atomic E-state index is -0.335. The minimum Gasteiger partial charge on any atom is -0.397 e. The molecule has 7 heteroatoms. The summed E-state index contributed by atoms with van der Waals surface area (Å²) in [7, 11) is 0. The van der Waals surface area contributed by atoms with Gasteiger partial charge in [-0.2, -0.15) is 0 Å². The van der Waals surface area contributed by atoms with Gasteiger partial charge in [-0.1, -0.05) is 18.5 Å². The molecular weight excluding hydrogens is 284 g/mol. The van der Waals surface area contributed by atoms with Crippen LogP contribution in [0.5, 0.6) is 0 Å². The molecule has 5 nitrogen and oxygen atoms in total. The Bertz CT molecular complexity index is 626. The summed E-state index contributed by atoms with van der Waals surface area (Å²) in [5, 5.41) is 3.51. The Morgan fingerprint density at radius 3 is 2.95 bits per heavy atom. The fourth-order valence-electron chi connectivity index (χ4n) is 1.61. The Kier molecular flexibility index (Phi) is 4.01. The van der Waals surface area contributed by atoms with Crippen LogP contribution < -0.4 is 11.1 Å². The molecule has 0 aliphatic rings. The van der Waals surface area contributed by atoms with E-state index >= 15 is 0 Å². The summed E-state index contributed by atoms with van der Waals surface area (Å²) in [6.07, 6.45) is 2.20. The summed E-state index contributed by atoms with van der Waals surface area (Å²) in [6.45, 7) is 4.00. The van der Waals surface area contributed by atoms with Crippen LogP contribution in [0.1, 0.15) is 27.9 Å². The van der Waals surface area contributed by atoms with Crippen LogP contribution in [0.3, 0.4) is 0 Å². The fourth-order valence-corrected chi connectivity index (χ4v) is 2.67. The molecule has 3 N–H and O–H groups in total. The Balaban J connectivity index is 2.22. The third kappa shape index (κ3) is 3.02. The normalized spacial score (nSPS) is 10.5. The van der Waals surface area contributed by atoms with Crippen LogP contribution in [0.4, 0.5) is 10.8 Å². The number of rotatable bonds is 3. The minimum absolute atomic E-state index is 0.226. The summed E-state index contributed by atoms with van der Waals surface area (Å²) in [6, 6.07) is 1.44. The molecule has 0 radical (unpaired) electrons. The van der Waals surface area contributed by atoms with Crippen LogP contribution in [-0.4, -0.2) is 15.9 Å². The highest BCUT2D eigenvalue weighted by atomic mass is 35.5. The molecular formula is C12H13ClN4OS. The lowest BCUT2D eigenvalue weighted by molar-refractivity contribution is 0.102. The summed E-state index contributed by atoms with van der Waals surface area (Å²) in [4.78, 5) is 21.3. The molecule has 0 spiro atoms. The maximum Gasteiger partial charge on any atom is 0.259 e. The monoisotopic (exact) mass is 296 g/mol. The van der Waals surface area contributed by atoms with E-state index in [9.17, 15) is 4.79 Å². The second kappa shape index (κ2) is 5.54. The van der Waals surface area contributed by atoms with E-state index in [0.29, 0.717) is 10.7 Å². The number of aromatic nitrogens is 2. The molecule has 2 heterocycles. The number of anilines is 2. The number of nitrogens with one attached hydrogen (secondary N) is 1. The smallest absolute Gasteiger partial charge is 0.259 e. The second-order valence-corrected chi connectivity index (χ2v) is 5.51. The molecule has 1 amide bonds. The van der Waals surface area contributed by atoms with Gasteiger partial charge in [-0.3, -0.25) is 10.1 Å². The van der Waals surface area contributed by atoms with Gasteiger partial charge in [0, 0.05) is 4.88 Å². The number of halogens is 1. The first kappa shape index (κ1) is 13.8. The first-order valence-corrected chi connectivity index (χ1v) is 6.89. The average Bonchev–Trinajstić information content (AvgIpc) is 2.72. The molecule has 0 atom stereocenters. The molecule has 0 fully saturated rings. The van der Waals surface area contributed by atoms with E-state index in [1.54, 1.807) is 0 Å². The Hall–Kier alpha value is -1.66. The van der Waals surface area contributed by atoms with E-state index in [1.807, 2.05) is 13.8 Å². The Morgan fingerprint density at radius 1 is 1.58 bits per heavy atom. The zero-order valence-electron chi connectivity index (χ0n) is 10.5. The van der Waals surface area contributed by atoms with E-state index in [-0.39, 0.29) is 16.7 Å². The van der Waals surface area contributed by atoms with Crippen molar-refractivity contribution in [3.8, 4) is 0 Å². The molecule has 0 saturated heterocycles. The summed E-state index contributed by atoms with van der Waals surface area (Å²) >= 11 is 7.20. The van der Waals surface area contributed by atoms with E-state index < -0.39 is 0 Å². The van der Waals surface area contributed by atoms with Crippen molar-refractivity contribution in [2.45, 2.75) is 20.3 Å². The van der Waals surface area contributed by atoms with Gasteiger partial charge in [-0.05, 0) is 19.4 Å². The molecule has 2 aromatic heterocycles. The third-order valence-corrected chi connectivity index (χ3v) is 3.73. The van der Waals surface area contributed by atoms with Crippen molar-refractivity contribution in [3.05, 3.63) is 33.6 Å². The first-order chi connectivity index (χ1) is 9.01. The number of carbonyl (C=O) groups is 1. The molecule has 19 heavy (non-hydrogen) atoms. The van der Waals surface area contributed by atoms with Gasteiger partial charge in [0.1, 0.15) is 5.15 Å². The largest absolute Gasteiger partial charge is 0.397 e. The number of thiazole rings is 1. The SMILES string of the molecule is CCc1nc(NC(=O)c2cc(Cl)ncc2N)sc1C. The Labute approximate surface area is 119 Å². The maximum atomic E-state index is 12.1. The van der Waals surface area contributed by atoms with Crippen LogP contribution in [0.15, 0.2) is 12.3 Å². The number of aryl methyl sites for hydroxylation is 2. The number of nitrogens with zero attached hydrogens (tertiary/aromatic N) is 2. The molecule has 2 aromatic rings. The van der Waals surface area contributed by atoms with Gasteiger partial charge in [0.2, 0.25) is 0 Å². The van der Waals surface area contributed by atoms with Gasteiger partial charge >= 0.3 is 0 Å². The third-order valence-electron chi connectivity index (χ3n) is 2.59. The van der Waals surface area contributed by atoms with Crippen molar-refractivity contribution in [2.24, 2.45) is 0 Å². The number of nitrogen functional groups attached to an aromatic ring is 1. The van der Waals surface area contributed by atoms with Crippen LogP contribution in [0.2, 0.25) is 5.15 Å². The van der Waals surface area contributed by atoms with Crippen LogP contribution in [0, 0.1) is 6.92 Å². The van der Waals surface area contributed by atoms with Crippen LogP contribution >= 0.6 is 22.9 Å². The zero-order chi connectivity index (χ0) is 14.0. The predicted molar refractivity (Wildman–Crippen MR) is 77.8 cm³/mol. The standard InChI is InChI=1S/C12H13ClN4OS/c1-3-9-6(2)19-12(16-9)17-11(18)7-4-10(13)15-5-8(7)14/h4-5H,3,14H2,1-2H3,(H,16,17,18). The molecule has 100 valence electrons. The highest BCUT2D eigenvalue weighted by Gasteiger charge is 2.14. The lowest BCUT2D eigenvalue weighted by Gasteiger charge is -2.04. The second-order valence-electron chi connectivity index (χ2n) is 3.92. The number of nitrogens with two attached hydrogens (primary N) is 1. The number of hydrogen-bond acceptors (Lipinski definition) is 5. The van der Waals surface area contributed by atoms with Crippen molar-refractivity contribution in [3.63, 3.8) is 0 Å². The first-order valence-electron chi connectivity index (χ1n) is 5.70. The fraction of sp³-hybridized carbons (Fsp3) is 0.250. The summed E-state index contributed by atoms with van der Waals surface area (Å²) < 4.78 is 0. The van der Waals surface area contributed by atoms with Crippen LogP contribution in [-0.2, 0) is 6.42 Å². The van der Waals surface area contributed by atoms with Gasteiger partial charge < -0.3 is 5.73 Å². The number of pyridine rings is 1. The molecule has 0 aromatic carbocycles. The zero-order valence-corrected chi connectivity index (χ0v) is 12.1. The summed E-state index contributed by atoms with van der Waals surface area (Å²) in [5.74, 6) is -0.335. The number of hydrogen-bond donors (Lipinski definition) is 2.